The molecule has 0 radical (unpaired) electrons. The van der Waals surface area contributed by atoms with Gasteiger partial charge in [-0.25, -0.2) is 4.79 Å². The first-order chi connectivity index (χ1) is 18.5. The van der Waals surface area contributed by atoms with E-state index >= 15 is 0 Å². The lowest BCUT2D eigenvalue weighted by molar-refractivity contribution is -0.165. The Morgan fingerprint density at radius 1 is 0.842 bits per heavy atom. The van der Waals surface area contributed by atoms with E-state index in [2.05, 4.69) is 0 Å². The van der Waals surface area contributed by atoms with Gasteiger partial charge in [-0.15, -0.1) is 11.6 Å². The monoisotopic (exact) mass is 528 g/mol. The van der Waals surface area contributed by atoms with Crippen molar-refractivity contribution in [1.29, 1.82) is 0 Å². The second-order valence-corrected chi connectivity index (χ2v) is 9.34. The quantitative estimate of drug-likeness (QED) is 0.210. The highest BCUT2D eigenvalue weighted by Gasteiger charge is 2.60. The number of rotatable bonds is 6. The fraction of sp³-hybridized carbons (Fsp3) is 0.172. The van der Waals surface area contributed by atoms with Gasteiger partial charge < -0.3 is 9.47 Å². The molecule has 2 atom stereocenters. The van der Waals surface area contributed by atoms with Crippen molar-refractivity contribution in [3.05, 3.63) is 119 Å². The Labute approximate surface area is 223 Å². The van der Waals surface area contributed by atoms with Crippen LogP contribution in [0.2, 0.25) is 0 Å². The number of fused-ring (bicyclic) bond motifs is 2. The largest absolute Gasteiger partial charge is 0.492 e. The number of esters is 1. The molecule has 1 fully saturated rings. The zero-order chi connectivity index (χ0) is 26.4. The number of imide groups is 1. The number of nitrogens with zero attached hydrogens (tertiary/aromatic N) is 2. The van der Waals surface area contributed by atoms with Crippen LogP contribution in [0.15, 0.2) is 96.4 Å². The maximum Gasteiger partial charge on any atom is 0.359 e. The summed E-state index contributed by atoms with van der Waals surface area (Å²) in [5.74, 6) is -2.53. The molecule has 0 spiro atoms. The van der Waals surface area contributed by atoms with Gasteiger partial charge >= 0.3 is 5.97 Å². The summed E-state index contributed by atoms with van der Waals surface area (Å²) in [6.07, 6.45) is -0.752. The molecule has 8 nitrogen and oxygen atoms in total. The van der Waals surface area contributed by atoms with Crippen LogP contribution >= 0.6 is 11.6 Å². The van der Waals surface area contributed by atoms with E-state index in [1.165, 1.54) is 4.90 Å². The zero-order valence-electron chi connectivity index (χ0n) is 20.0. The van der Waals surface area contributed by atoms with E-state index in [1.807, 2.05) is 60.7 Å². The van der Waals surface area contributed by atoms with E-state index < -0.39 is 41.9 Å². The topological polar surface area (TPSA) is 93.2 Å². The van der Waals surface area contributed by atoms with Crippen molar-refractivity contribution in [2.24, 2.45) is 0 Å². The van der Waals surface area contributed by atoms with Crippen LogP contribution in [0.25, 0.3) is 0 Å². The zero-order valence-corrected chi connectivity index (χ0v) is 20.7. The number of benzene rings is 3. The lowest BCUT2D eigenvalue weighted by Gasteiger charge is -2.51. The molecule has 0 unspecified atom stereocenters. The molecule has 3 amide bonds. The van der Waals surface area contributed by atoms with E-state index in [-0.39, 0.29) is 35.1 Å². The Morgan fingerprint density at radius 2 is 1.37 bits per heavy atom. The normalized spacial score (nSPS) is 20.2. The van der Waals surface area contributed by atoms with Crippen molar-refractivity contribution in [3.63, 3.8) is 0 Å². The van der Waals surface area contributed by atoms with Gasteiger partial charge in [0.2, 0.25) is 0 Å². The van der Waals surface area contributed by atoms with Crippen molar-refractivity contribution in [3.8, 4) is 0 Å². The first-order valence-corrected chi connectivity index (χ1v) is 12.6. The lowest BCUT2D eigenvalue weighted by Crippen LogP contribution is -2.74. The molecule has 6 rings (SSSR count). The average Bonchev–Trinajstić information content (AvgIpc) is 3.21. The van der Waals surface area contributed by atoms with E-state index in [4.69, 9.17) is 21.1 Å². The number of hydrogen-bond donors (Lipinski definition) is 0. The summed E-state index contributed by atoms with van der Waals surface area (Å²) in [5, 5.41) is 0. The fourth-order valence-corrected chi connectivity index (χ4v) is 5.37. The minimum absolute atomic E-state index is 0.0244. The Morgan fingerprint density at radius 3 is 1.89 bits per heavy atom. The molecule has 38 heavy (non-hydrogen) atoms. The minimum atomic E-state index is -1.10. The van der Waals surface area contributed by atoms with Gasteiger partial charge in [0.05, 0.1) is 17.0 Å². The number of ether oxygens (including phenoxy) is 2. The van der Waals surface area contributed by atoms with Crippen molar-refractivity contribution in [2.75, 3.05) is 12.5 Å². The summed E-state index contributed by atoms with van der Waals surface area (Å²) >= 11 is 6.10. The second kappa shape index (κ2) is 9.46. The van der Waals surface area contributed by atoms with Gasteiger partial charge in [0.1, 0.15) is 24.4 Å². The standard InChI is InChI=1S/C29H21ClN2O6/c30-15-22-24(29(36)38-25(17-9-3-1-4-10-17)18-11-5-2-6-12-18)31-21(16-37-22)23(28(31)35)32-26(33)19-13-7-8-14-20(19)27(32)34/h1-14,21,23,25H,15-16H2/t21-,23+/m1/s1. The van der Waals surface area contributed by atoms with E-state index in [9.17, 15) is 19.2 Å². The molecule has 3 heterocycles. The van der Waals surface area contributed by atoms with E-state index in [1.54, 1.807) is 24.3 Å². The van der Waals surface area contributed by atoms with Crippen molar-refractivity contribution < 1.29 is 28.7 Å². The molecule has 3 aromatic carbocycles. The van der Waals surface area contributed by atoms with Crippen molar-refractivity contribution in [2.45, 2.75) is 18.2 Å². The highest BCUT2D eigenvalue weighted by atomic mass is 35.5. The number of halogens is 1. The van der Waals surface area contributed by atoms with Crippen LogP contribution in [0, 0.1) is 0 Å². The van der Waals surface area contributed by atoms with Crippen LogP contribution < -0.4 is 0 Å². The van der Waals surface area contributed by atoms with Gasteiger partial charge in [-0.05, 0) is 23.3 Å². The number of hydrogen-bond acceptors (Lipinski definition) is 6. The van der Waals surface area contributed by atoms with E-state index in [0.717, 1.165) is 16.0 Å². The maximum atomic E-state index is 13.6. The highest BCUT2D eigenvalue weighted by molar-refractivity contribution is 6.24. The summed E-state index contributed by atoms with van der Waals surface area (Å²) in [4.78, 5) is 55.4. The SMILES string of the molecule is O=C(OC(c1ccccc1)c1ccccc1)C1=C(CCl)OC[C@@H]2[C@H](N3C(=O)c4ccccc4C3=O)C(=O)N12. The van der Waals surface area contributed by atoms with Crippen molar-refractivity contribution >= 4 is 35.3 Å². The molecular formula is C29H21ClN2O6. The second-order valence-electron chi connectivity index (χ2n) is 9.07. The Balaban J connectivity index is 1.30. The molecule has 0 bridgehead atoms. The molecule has 0 aliphatic carbocycles. The van der Waals surface area contributed by atoms with Gasteiger partial charge in [0.15, 0.2) is 11.8 Å². The summed E-state index contributed by atoms with van der Waals surface area (Å²) in [7, 11) is 0. The minimum Gasteiger partial charge on any atom is -0.492 e. The molecule has 3 aromatic rings. The van der Waals surface area contributed by atoms with Crippen LogP contribution in [0.3, 0.4) is 0 Å². The molecule has 0 N–H and O–H groups in total. The summed E-state index contributed by atoms with van der Waals surface area (Å²) in [6, 6.07) is 23.0. The van der Waals surface area contributed by atoms with E-state index in [0.29, 0.717) is 0 Å². The summed E-state index contributed by atoms with van der Waals surface area (Å²) in [6.45, 7) is -0.0244. The summed E-state index contributed by atoms with van der Waals surface area (Å²) < 4.78 is 11.7. The van der Waals surface area contributed by atoms with Gasteiger partial charge in [0.25, 0.3) is 17.7 Å². The Hall–Kier alpha value is -4.43. The third kappa shape index (κ3) is 3.68. The molecule has 9 heteroatoms. The van der Waals surface area contributed by atoms with Gasteiger partial charge in [0, 0.05) is 0 Å². The van der Waals surface area contributed by atoms with Crippen LogP contribution in [-0.2, 0) is 19.1 Å². The molecule has 1 saturated heterocycles. The van der Waals surface area contributed by atoms with Crippen LogP contribution in [0.1, 0.15) is 37.9 Å². The first-order valence-electron chi connectivity index (χ1n) is 12.0. The third-order valence-corrected chi connectivity index (χ3v) is 7.21. The average molecular weight is 529 g/mol. The number of allylic oxidation sites excluding steroid dienone is 1. The van der Waals surface area contributed by atoms with Gasteiger partial charge in [-0.1, -0.05) is 72.8 Å². The number of carbonyl (C=O) groups is 4. The third-order valence-electron chi connectivity index (χ3n) is 6.97. The van der Waals surface area contributed by atoms with Gasteiger partial charge in [-0.3, -0.25) is 24.2 Å². The van der Waals surface area contributed by atoms with Crippen LogP contribution in [-0.4, -0.2) is 58.1 Å². The van der Waals surface area contributed by atoms with Crippen LogP contribution in [0.5, 0.6) is 0 Å². The molecular weight excluding hydrogens is 508 g/mol. The fourth-order valence-electron chi connectivity index (χ4n) is 5.16. The molecule has 0 aromatic heterocycles. The number of alkyl halides is 1. The smallest absolute Gasteiger partial charge is 0.359 e. The number of β-lactam (4-membered cyclic amide) rings is 1. The number of amides is 3. The lowest BCUT2D eigenvalue weighted by atomic mass is 9.91. The predicted molar refractivity (Wildman–Crippen MR) is 136 cm³/mol. The predicted octanol–water partition coefficient (Wildman–Crippen LogP) is 3.68. The Kier molecular flexibility index (Phi) is 5.96. The molecule has 3 aliphatic heterocycles. The number of carbonyl (C=O) groups excluding carboxylic acids is 4. The Bertz CT molecular complexity index is 1410. The molecule has 190 valence electrons. The van der Waals surface area contributed by atoms with Crippen molar-refractivity contribution in [1.82, 2.24) is 9.80 Å². The molecule has 0 saturated carbocycles. The first kappa shape index (κ1) is 23.9. The van der Waals surface area contributed by atoms with Gasteiger partial charge in [-0.2, -0.15) is 0 Å². The maximum absolute atomic E-state index is 13.6. The highest BCUT2D eigenvalue weighted by Crippen LogP contribution is 2.40. The van der Waals surface area contributed by atoms with Crippen LogP contribution in [0.4, 0.5) is 0 Å². The summed E-state index contributed by atoms with van der Waals surface area (Å²) in [5.41, 5.74) is 1.85. The molecule has 3 aliphatic rings.